The van der Waals surface area contributed by atoms with E-state index in [1.807, 2.05) is 31.2 Å². The molecule has 5 heteroatoms. The Kier molecular flexibility index (Phi) is 5.41. The molecule has 1 fully saturated rings. The average molecular weight is 305 g/mol. The van der Waals surface area contributed by atoms with Crippen molar-refractivity contribution < 1.29 is 19.4 Å². The van der Waals surface area contributed by atoms with E-state index in [-0.39, 0.29) is 17.7 Å². The molecule has 0 radical (unpaired) electrons. The zero-order valence-corrected chi connectivity index (χ0v) is 13.0. The molecule has 22 heavy (non-hydrogen) atoms. The van der Waals surface area contributed by atoms with Gasteiger partial charge >= 0.3 is 5.97 Å². The Balaban J connectivity index is 1.90. The molecule has 0 bridgehead atoms. The van der Waals surface area contributed by atoms with Gasteiger partial charge in [-0.05, 0) is 36.5 Å². The number of methoxy groups -OCH3 is 1. The Hall–Kier alpha value is -2.04. The summed E-state index contributed by atoms with van der Waals surface area (Å²) in [6.45, 7) is 2.00. The van der Waals surface area contributed by atoms with Crippen molar-refractivity contribution in [2.45, 2.75) is 44.6 Å². The van der Waals surface area contributed by atoms with Gasteiger partial charge in [-0.3, -0.25) is 4.79 Å². The Bertz CT molecular complexity index is 526. The number of ether oxygens (including phenoxy) is 1. The van der Waals surface area contributed by atoms with Crippen LogP contribution in [0.3, 0.4) is 0 Å². The third-order valence-corrected chi connectivity index (χ3v) is 4.13. The van der Waals surface area contributed by atoms with Crippen molar-refractivity contribution in [1.29, 1.82) is 0 Å². The first kappa shape index (κ1) is 16.3. The lowest BCUT2D eigenvalue weighted by atomic mass is 10.1. The Morgan fingerprint density at radius 3 is 2.59 bits per heavy atom. The SMILES string of the molecule is CCCCC(NC(=O)C1CC1c1ccc(OC)cc1)C(=O)O. The number of amides is 1. The van der Waals surface area contributed by atoms with Crippen LogP contribution in [-0.2, 0) is 9.59 Å². The summed E-state index contributed by atoms with van der Waals surface area (Å²) in [6.07, 6.45) is 2.97. The van der Waals surface area contributed by atoms with Crippen molar-refractivity contribution in [2.75, 3.05) is 7.11 Å². The van der Waals surface area contributed by atoms with Crippen molar-refractivity contribution in [3.05, 3.63) is 29.8 Å². The summed E-state index contributed by atoms with van der Waals surface area (Å²) in [4.78, 5) is 23.4. The topological polar surface area (TPSA) is 75.6 Å². The summed E-state index contributed by atoms with van der Waals surface area (Å²) in [7, 11) is 1.62. The predicted octanol–water partition coefficient (Wildman–Crippen LogP) is 2.56. The standard InChI is InChI=1S/C17H23NO4/c1-3-4-5-15(17(20)21)18-16(19)14-10-13(14)11-6-8-12(22-2)9-7-11/h6-9,13-15H,3-5,10H2,1-2H3,(H,18,19)(H,20,21). The van der Waals surface area contributed by atoms with Gasteiger partial charge in [0.05, 0.1) is 7.11 Å². The van der Waals surface area contributed by atoms with Gasteiger partial charge in [0.15, 0.2) is 0 Å². The number of nitrogens with one attached hydrogen (secondary N) is 1. The molecule has 1 aliphatic rings. The fourth-order valence-electron chi connectivity index (χ4n) is 2.65. The van der Waals surface area contributed by atoms with Crippen molar-refractivity contribution in [3.63, 3.8) is 0 Å². The van der Waals surface area contributed by atoms with E-state index in [1.54, 1.807) is 7.11 Å². The molecule has 3 unspecified atom stereocenters. The molecule has 1 aliphatic carbocycles. The molecular formula is C17H23NO4. The highest BCUT2D eigenvalue weighted by Crippen LogP contribution is 2.47. The number of carbonyl (C=O) groups is 2. The van der Waals surface area contributed by atoms with E-state index in [0.29, 0.717) is 6.42 Å². The predicted molar refractivity (Wildman–Crippen MR) is 82.9 cm³/mol. The minimum absolute atomic E-state index is 0.114. The molecule has 2 N–H and O–H groups in total. The van der Waals surface area contributed by atoms with Crippen LogP contribution in [0.15, 0.2) is 24.3 Å². The number of carboxylic acid groups (broad SMARTS) is 1. The molecule has 0 heterocycles. The summed E-state index contributed by atoms with van der Waals surface area (Å²) in [5.74, 6) is -0.243. The summed E-state index contributed by atoms with van der Waals surface area (Å²) >= 11 is 0. The molecule has 0 aliphatic heterocycles. The maximum absolute atomic E-state index is 12.2. The summed E-state index contributed by atoms with van der Waals surface area (Å²) in [6, 6.07) is 6.91. The molecule has 1 amide bonds. The van der Waals surface area contributed by atoms with Gasteiger partial charge < -0.3 is 15.2 Å². The first-order valence-electron chi connectivity index (χ1n) is 7.74. The van der Waals surface area contributed by atoms with Gasteiger partial charge in [-0.2, -0.15) is 0 Å². The summed E-state index contributed by atoms with van der Waals surface area (Å²) in [5, 5.41) is 11.8. The molecule has 120 valence electrons. The number of carbonyl (C=O) groups excluding carboxylic acids is 1. The molecule has 0 aromatic heterocycles. The van der Waals surface area contributed by atoms with Crippen LogP contribution in [0.25, 0.3) is 0 Å². The van der Waals surface area contributed by atoms with Crippen LogP contribution in [0.4, 0.5) is 0 Å². The largest absolute Gasteiger partial charge is 0.497 e. The highest BCUT2D eigenvalue weighted by Gasteiger charge is 2.44. The first-order chi connectivity index (χ1) is 10.6. The van der Waals surface area contributed by atoms with Crippen LogP contribution in [0.2, 0.25) is 0 Å². The number of carboxylic acids is 1. The van der Waals surface area contributed by atoms with Gasteiger partial charge in [-0.25, -0.2) is 4.79 Å². The van der Waals surface area contributed by atoms with E-state index in [2.05, 4.69) is 5.32 Å². The maximum Gasteiger partial charge on any atom is 0.326 e. The zero-order chi connectivity index (χ0) is 16.1. The van der Waals surface area contributed by atoms with Crippen LogP contribution in [0, 0.1) is 5.92 Å². The smallest absolute Gasteiger partial charge is 0.326 e. The second-order valence-electron chi connectivity index (χ2n) is 5.76. The Labute approximate surface area is 130 Å². The van der Waals surface area contributed by atoms with E-state index < -0.39 is 12.0 Å². The monoisotopic (exact) mass is 305 g/mol. The van der Waals surface area contributed by atoms with E-state index >= 15 is 0 Å². The van der Waals surface area contributed by atoms with Gasteiger partial charge in [0, 0.05) is 5.92 Å². The Morgan fingerprint density at radius 1 is 1.36 bits per heavy atom. The van der Waals surface area contributed by atoms with E-state index in [0.717, 1.165) is 30.6 Å². The van der Waals surface area contributed by atoms with Crippen LogP contribution < -0.4 is 10.1 Å². The van der Waals surface area contributed by atoms with Gasteiger partial charge in [0.2, 0.25) is 5.91 Å². The quantitative estimate of drug-likeness (QED) is 0.774. The summed E-state index contributed by atoms with van der Waals surface area (Å²) in [5.41, 5.74) is 1.10. The van der Waals surface area contributed by atoms with Crippen LogP contribution in [0.5, 0.6) is 5.75 Å². The van der Waals surface area contributed by atoms with Crippen LogP contribution in [-0.4, -0.2) is 30.1 Å². The molecule has 1 aromatic rings. The fraction of sp³-hybridized carbons (Fsp3) is 0.529. The lowest BCUT2D eigenvalue weighted by Gasteiger charge is -2.14. The molecule has 5 nitrogen and oxygen atoms in total. The molecule has 3 atom stereocenters. The van der Waals surface area contributed by atoms with Crippen molar-refractivity contribution in [3.8, 4) is 5.75 Å². The molecule has 1 saturated carbocycles. The molecular weight excluding hydrogens is 282 g/mol. The van der Waals surface area contributed by atoms with E-state index in [4.69, 9.17) is 9.84 Å². The number of aliphatic carboxylic acids is 1. The van der Waals surface area contributed by atoms with Gasteiger partial charge in [-0.15, -0.1) is 0 Å². The lowest BCUT2D eigenvalue weighted by molar-refractivity contribution is -0.142. The minimum Gasteiger partial charge on any atom is -0.497 e. The number of unbranched alkanes of at least 4 members (excludes halogenated alkanes) is 1. The van der Waals surface area contributed by atoms with Crippen molar-refractivity contribution >= 4 is 11.9 Å². The third kappa shape index (κ3) is 4.00. The minimum atomic E-state index is -0.955. The first-order valence-corrected chi connectivity index (χ1v) is 7.74. The van der Waals surface area contributed by atoms with E-state index in [1.165, 1.54) is 0 Å². The number of rotatable bonds is 8. The molecule has 0 spiro atoms. The highest BCUT2D eigenvalue weighted by molar-refractivity contribution is 5.87. The van der Waals surface area contributed by atoms with Gasteiger partial charge in [0.25, 0.3) is 0 Å². The Morgan fingerprint density at radius 2 is 2.05 bits per heavy atom. The van der Waals surface area contributed by atoms with Crippen molar-refractivity contribution in [1.82, 2.24) is 5.32 Å². The molecule has 0 saturated heterocycles. The van der Waals surface area contributed by atoms with Crippen molar-refractivity contribution in [2.24, 2.45) is 5.92 Å². The second kappa shape index (κ2) is 7.29. The van der Waals surface area contributed by atoms with Gasteiger partial charge in [0.1, 0.15) is 11.8 Å². The van der Waals surface area contributed by atoms with E-state index in [9.17, 15) is 9.59 Å². The highest BCUT2D eigenvalue weighted by atomic mass is 16.5. The molecule has 1 aromatic carbocycles. The normalized spacial score (nSPS) is 21.0. The number of hydrogen-bond acceptors (Lipinski definition) is 3. The fourth-order valence-corrected chi connectivity index (χ4v) is 2.65. The van der Waals surface area contributed by atoms with Gasteiger partial charge in [-0.1, -0.05) is 31.9 Å². The number of hydrogen-bond donors (Lipinski definition) is 2. The lowest BCUT2D eigenvalue weighted by Crippen LogP contribution is -2.41. The second-order valence-corrected chi connectivity index (χ2v) is 5.76. The third-order valence-electron chi connectivity index (χ3n) is 4.13. The zero-order valence-electron chi connectivity index (χ0n) is 13.0. The summed E-state index contributed by atoms with van der Waals surface area (Å²) < 4.78 is 5.12. The maximum atomic E-state index is 12.2. The van der Waals surface area contributed by atoms with Crippen LogP contribution >= 0.6 is 0 Å². The number of benzene rings is 1. The average Bonchev–Trinajstić information content (AvgIpc) is 3.31. The van der Waals surface area contributed by atoms with Crippen LogP contribution in [0.1, 0.15) is 44.1 Å². The molecule has 2 rings (SSSR count).